The molecule has 18 heavy (non-hydrogen) atoms. The Balaban J connectivity index is 2.67. The molecule has 6 nitrogen and oxygen atoms in total. The van der Waals surface area contributed by atoms with E-state index in [2.05, 4.69) is 21.0 Å². The molecule has 1 aromatic heterocycles. The van der Waals surface area contributed by atoms with Crippen molar-refractivity contribution < 1.29 is 18.3 Å². The number of aromatic carboxylic acids is 1. The lowest BCUT2D eigenvalue weighted by Crippen LogP contribution is -2.20. The van der Waals surface area contributed by atoms with Crippen LogP contribution in [0.1, 0.15) is 10.5 Å². The number of aromatic nitrogens is 2. The van der Waals surface area contributed by atoms with Crippen LogP contribution in [-0.2, 0) is 10.0 Å². The molecular weight excluding hydrogens is 324 g/mol. The van der Waals surface area contributed by atoms with Gasteiger partial charge in [0.05, 0.1) is 15.6 Å². The van der Waals surface area contributed by atoms with E-state index in [9.17, 15) is 13.2 Å². The van der Waals surface area contributed by atoms with Crippen molar-refractivity contribution in [3.63, 3.8) is 0 Å². The highest BCUT2D eigenvalue weighted by Gasteiger charge is 2.26. The largest absolute Gasteiger partial charge is 0.476 e. The second-order valence-electron chi connectivity index (χ2n) is 3.31. The zero-order valence-corrected chi connectivity index (χ0v) is 11.2. The van der Waals surface area contributed by atoms with Gasteiger partial charge in [0.2, 0.25) is 0 Å². The minimum Gasteiger partial charge on any atom is -0.476 e. The van der Waals surface area contributed by atoms with Gasteiger partial charge in [-0.3, -0.25) is 0 Å². The van der Waals surface area contributed by atoms with Crippen LogP contribution in [0, 0.1) is 0 Å². The van der Waals surface area contributed by atoms with Gasteiger partial charge in [0.15, 0.2) is 5.69 Å². The molecule has 2 rings (SSSR count). The lowest BCUT2D eigenvalue weighted by Gasteiger charge is -2.06. The van der Waals surface area contributed by atoms with E-state index in [1.807, 2.05) is 0 Å². The Morgan fingerprint density at radius 2 is 1.89 bits per heavy atom. The molecule has 0 aliphatic heterocycles. The summed E-state index contributed by atoms with van der Waals surface area (Å²) in [4.78, 5) is 11.0. The molecule has 0 unspecified atom stereocenters. The van der Waals surface area contributed by atoms with Crippen LogP contribution >= 0.6 is 15.9 Å². The molecular formula is C10H7BrN2O4S. The van der Waals surface area contributed by atoms with Crippen LogP contribution < -0.4 is 0 Å². The third-order valence-corrected chi connectivity index (χ3v) is 4.35. The summed E-state index contributed by atoms with van der Waals surface area (Å²) in [5, 5.41) is 12.6. The maximum Gasteiger partial charge on any atom is 0.356 e. The zero-order valence-electron chi connectivity index (χ0n) is 8.82. The van der Waals surface area contributed by atoms with Gasteiger partial charge in [-0.2, -0.15) is 13.5 Å². The fourth-order valence-electron chi connectivity index (χ4n) is 1.37. The molecule has 0 amide bonds. The topological polar surface area (TPSA) is 89.3 Å². The van der Waals surface area contributed by atoms with Crippen molar-refractivity contribution in [1.82, 2.24) is 9.19 Å². The van der Waals surface area contributed by atoms with Crippen LogP contribution in [0.4, 0.5) is 0 Å². The molecule has 0 radical (unpaired) electrons. The normalized spacial score (nSPS) is 11.4. The number of benzene rings is 1. The van der Waals surface area contributed by atoms with Gasteiger partial charge in [-0.25, -0.2) is 4.79 Å². The summed E-state index contributed by atoms with van der Waals surface area (Å²) in [6.45, 7) is 0. The van der Waals surface area contributed by atoms with Crippen LogP contribution in [0.25, 0.3) is 0 Å². The molecule has 0 spiro atoms. The number of nitrogens with zero attached hydrogens (tertiary/aromatic N) is 2. The van der Waals surface area contributed by atoms with Gasteiger partial charge < -0.3 is 5.11 Å². The van der Waals surface area contributed by atoms with E-state index < -0.39 is 21.7 Å². The van der Waals surface area contributed by atoms with Gasteiger partial charge in [-0.1, -0.05) is 18.2 Å². The number of carboxylic acids is 1. The molecule has 0 fully saturated rings. The number of carboxylic acid groups (broad SMARTS) is 1. The van der Waals surface area contributed by atoms with Crippen LogP contribution in [-0.4, -0.2) is 28.7 Å². The quantitative estimate of drug-likeness (QED) is 0.922. The summed E-state index contributed by atoms with van der Waals surface area (Å²) < 4.78 is 25.0. The van der Waals surface area contributed by atoms with Gasteiger partial charge in [-0.15, -0.1) is 4.09 Å². The summed E-state index contributed by atoms with van der Waals surface area (Å²) in [7, 11) is -4.00. The highest BCUT2D eigenvalue weighted by Crippen LogP contribution is 2.21. The molecule has 0 bridgehead atoms. The molecule has 8 heteroatoms. The average molecular weight is 331 g/mol. The first-order chi connectivity index (χ1) is 8.44. The summed E-state index contributed by atoms with van der Waals surface area (Å²) in [6, 6.07) is 7.50. The monoisotopic (exact) mass is 330 g/mol. The summed E-state index contributed by atoms with van der Waals surface area (Å²) in [5.41, 5.74) is -0.432. The maximum atomic E-state index is 12.2. The molecule has 2 aromatic rings. The molecule has 1 N–H and O–H groups in total. The highest BCUT2D eigenvalue weighted by molar-refractivity contribution is 9.10. The second-order valence-corrected chi connectivity index (χ2v) is 5.93. The lowest BCUT2D eigenvalue weighted by atomic mass is 10.4. The zero-order chi connectivity index (χ0) is 13.3. The van der Waals surface area contributed by atoms with E-state index >= 15 is 0 Å². The fraction of sp³-hybridized carbons (Fsp3) is 0. The van der Waals surface area contributed by atoms with Gasteiger partial charge in [0.1, 0.15) is 0 Å². The molecule has 1 aromatic carbocycles. The average Bonchev–Trinajstić information content (AvgIpc) is 2.73. The second kappa shape index (κ2) is 4.54. The first-order valence-corrected chi connectivity index (χ1v) is 6.95. The van der Waals surface area contributed by atoms with Gasteiger partial charge >= 0.3 is 5.97 Å². The molecule has 0 aliphatic carbocycles. The molecule has 1 heterocycles. The third kappa shape index (κ3) is 2.04. The summed E-state index contributed by atoms with van der Waals surface area (Å²) in [6.07, 6.45) is 1.13. The summed E-state index contributed by atoms with van der Waals surface area (Å²) >= 11 is 2.95. The Morgan fingerprint density at radius 3 is 2.44 bits per heavy atom. The van der Waals surface area contributed by atoms with Crippen LogP contribution in [0.15, 0.2) is 45.9 Å². The minimum absolute atomic E-state index is 0.0249. The summed E-state index contributed by atoms with van der Waals surface area (Å²) in [5.74, 6) is -1.38. The molecule has 0 aliphatic rings. The minimum atomic E-state index is -4.00. The molecule has 0 saturated carbocycles. The predicted octanol–water partition coefficient (Wildman–Crippen LogP) is 1.58. The Morgan fingerprint density at radius 1 is 1.28 bits per heavy atom. The standard InChI is InChI=1S/C10H7BrN2O4S/c11-8-6-12-13(9(8)10(14)15)18(16,17)7-4-2-1-3-5-7/h1-6H,(H,14,15). The van der Waals surface area contributed by atoms with E-state index in [1.54, 1.807) is 18.2 Å². The lowest BCUT2D eigenvalue weighted by molar-refractivity contribution is 0.0687. The number of hydrogen-bond donors (Lipinski definition) is 1. The van der Waals surface area contributed by atoms with Crippen molar-refractivity contribution >= 4 is 31.9 Å². The van der Waals surface area contributed by atoms with Crippen LogP contribution in [0.2, 0.25) is 0 Å². The molecule has 94 valence electrons. The molecule has 0 saturated heterocycles. The highest BCUT2D eigenvalue weighted by atomic mass is 79.9. The third-order valence-electron chi connectivity index (χ3n) is 2.16. The van der Waals surface area contributed by atoms with Crippen molar-refractivity contribution in [1.29, 1.82) is 0 Å². The fourth-order valence-corrected chi connectivity index (χ4v) is 3.21. The van der Waals surface area contributed by atoms with Crippen LogP contribution in [0.3, 0.4) is 0 Å². The van der Waals surface area contributed by atoms with Crippen molar-refractivity contribution in [3.8, 4) is 0 Å². The Hall–Kier alpha value is -1.67. The molecule has 0 atom stereocenters. The van der Waals surface area contributed by atoms with E-state index in [0.717, 1.165) is 6.20 Å². The van der Waals surface area contributed by atoms with E-state index in [-0.39, 0.29) is 9.37 Å². The van der Waals surface area contributed by atoms with E-state index in [0.29, 0.717) is 4.09 Å². The first-order valence-electron chi connectivity index (χ1n) is 4.72. The predicted molar refractivity (Wildman–Crippen MR) is 65.9 cm³/mol. The number of carbonyl (C=O) groups is 1. The Labute approximate surface area is 111 Å². The van der Waals surface area contributed by atoms with Gasteiger partial charge in [0.25, 0.3) is 10.0 Å². The van der Waals surface area contributed by atoms with Crippen LogP contribution in [0.5, 0.6) is 0 Å². The van der Waals surface area contributed by atoms with Crippen molar-refractivity contribution in [2.24, 2.45) is 0 Å². The maximum absolute atomic E-state index is 12.2. The van der Waals surface area contributed by atoms with E-state index in [4.69, 9.17) is 5.11 Å². The number of hydrogen-bond acceptors (Lipinski definition) is 4. The first kappa shape index (κ1) is 12.8. The smallest absolute Gasteiger partial charge is 0.356 e. The van der Waals surface area contributed by atoms with Gasteiger partial charge in [-0.05, 0) is 28.1 Å². The number of rotatable bonds is 3. The van der Waals surface area contributed by atoms with Crippen molar-refractivity contribution in [3.05, 3.63) is 46.7 Å². The van der Waals surface area contributed by atoms with Crippen molar-refractivity contribution in [2.45, 2.75) is 4.90 Å². The van der Waals surface area contributed by atoms with Gasteiger partial charge in [0, 0.05) is 0 Å². The van der Waals surface area contributed by atoms with Crippen molar-refractivity contribution in [2.75, 3.05) is 0 Å². The Bertz CT molecular complexity index is 694. The Kier molecular flexibility index (Phi) is 3.22. The SMILES string of the molecule is O=C(O)c1c(Br)cnn1S(=O)(=O)c1ccccc1. The van der Waals surface area contributed by atoms with E-state index in [1.165, 1.54) is 12.1 Å². The number of halogens is 1.